The van der Waals surface area contributed by atoms with Gasteiger partial charge in [-0.15, -0.1) is 0 Å². The number of hydrogen-bond donors (Lipinski definition) is 1. The van der Waals surface area contributed by atoms with Gasteiger partial charge in [-0.2, -0.15) is 0 Å². The summed E-state index contributed by atoms with van der Waals surface area (Å²) < 4.78 is 0. The van der Waals surface area contributed by atoms with Gasteiger partial charge in [0.05, 0.1) is 0 Å². The Morgan fingerprint density at radius 1 is 1.43 bits per heavy atom. The van der Waals surface area contributed by atoms with Crippen molar-refractivity contribution < 1.29 is 0 Å². The molecule has 0 spiro atoms. The second-order valence-corrected chi connectivity index (χ2v) is 3.97. The summed E-state index contributed by atoms with van der Waals surface area (Å²) in [6.07, 6.45) is 0. The molecule has 1 saturated heterocycles. The third-order valence-corrected chi connectivity index (χ3v) is 2.73. The van der Waals surface area contributed by atoms with Crippen LogP contribution < -0.4 is 10.2 Å². The van der Waals surface area contributed by atoms with Crippen LogP contribution in [0.4, 0.5) is 5.69 Å². The highest BCUT2D eigenvalue weighted by molar-refractivity contribution is 6.30. The van der Waals surface area contributed by atoms with Crippen LogP contribution in [-0.4, -0.2) is 19.6 Å². The first-order chi connectivity index (χ1) is 6.77. The van der Waals surface area contributed by atoms with Crippen molar-refractivity contribution >= 4 is 17.3 Å². The van der Waals surface area contributed by atoms with E-state index in [1.807, 2.05) is 12.1 Å². The minimum Gasteiger partial charge on any atom is -0.368 e. The Labute approximate surface area is 89.9 Å². The smallest absolute Gasteiger partial charge is 0.0426 e. The first-order valence-electron chi connectivity index (χ1n) is 4.83. The van der Waals surface area contributed by atoms with Crippen molar-refractivity contribution in [1.29, 1.82) is 0 Å². The van der Waals surface area contributed by atoms with Crippen LogP contribution in [0.15, 0.2) is 18.2 Å². The fourth-order valence-corrected chi connectivity index (χ4v) is 1.88. The Hall–Kier alpha value is -0.730. The second kappa shape index (κ2) is 4.20. The zero-order chi connectivity index (χ0) is 9.97. The van der Waals surface area contributed by atoms with Crippen LogP contribution in [0.2, 0.25) is 5.02 Å². The van der Waals surface area contributed by atoms with Gasteiger partial charge in [-0.1, -0.05) is 17.7 Å². The van der Waals surface area contributed by atoms with Crippen LogP contribution in [0.1, 0.15) is 5.56 Å². The minimum absolute atomic E-state index is 0.809. The average Bonchev–Trinajstić information content (AvgIpc) is 2.23. The van der Waals surface area contributed by atoms with Crippen molar-refractivity contribution in [2.24, 2.45) is 0 Å². The molecule has 1 aromatic carbocycles. The average molecular weight is 210 g/mol. The SMILES string of the molecule is Cc1ccc(Cl)cc1N1C[CH]NCC1. The van der Waals surface area contributed by atoms with Gasteiger partial charge in [-0.25, -0.2) is 0 Å². The molecule has 0 atom stereocenters. The van der Waals surface area contributed by atoms with Crippen LogP contribution in [0.3, 0.4) is 0 Å². The summed E-state index contributed by atoms with van der Waals surface area (Å²) in [5, 5.41) is 4.03. The molecule has 1 aromatic rings. The molecular formula is C11H14ClN2. The molecule has 0 aromatic heterocycles. The van der Waals surface area contributed by atoms with E-state index in [4.69, 9.17) is 11.6 Å². The number of nitrogens with zero attached hydrogens (tertiary/aromatic N) is 1. The number of aryl methyl sites for hydroxylation is 1. The van der Waals surface area contributed by atoms with Crippen molar-refractivity contribution in [2.75, 3.05) is 24.5 Å². The van der Waals surface area contributed by atoms with Crippen LogP contribution in [0.5, 0.6) is 0 Å². The topological polar surface area (TPSA) is 15.3 Å². The number of piperazine rings is 1. The summed E-state index contributed by atoms with van der Waals surface area (Å²) in [5.41, 5.74) is 2.53. The molecular weight excluding hydrogens is 196 g/mol. The van der Waals surface area contributed by atoms with E-state index in [1.165, 1.54) is 11.3 Å². The molecule has 0 saturated carbocycles. The van der Waals surface area contributed by atoms with E-state index in [0.717, 1.165) is 24.7 Å². The number of anilines is 1. The van der Waals surface area contributed by atoms with Gasteiger partial charge in [0, 0.05) is 36.9 Å². The molecule has 1 aliphatic heterocycles. The first kappa shape index (κ1) is 9.81. The Morgan fingerprint density at radius 2 is 2.29 bits per heavy atom. The second-order valence-electron chi connectivity index (χ2n) is 3.54. The van der Waals surface area contributed by atoms with E-state index < -0.39 is 0 Å². The zero-order valence-electron chi connectivity index (χ0n) is 8.26. The number of nitrogens with one attached hydrogen (secondary N) is 1. The number of rotatable bonds is 1. The predicted octanol–water partition coefficient (Wildman–Crippen LogP) is 2.22. The van der Waals surface area contributed by atoms with Gasteiger partial charge in [0.2, 0.25) is 0 Å². The zero-order valence-corrected chi connectivity index (χ0v) is 9.01. The Morgan fingerprint density at radius 3 is 3.00 bits per heavy atom. The van der Waals surface area contributed by atoms with E-state index in [0.29, 0.717) is 0 Å². The monoisotopic (exact) mass is 209 g/mol. The maximum Gasteiger partial charge on any atom is 0.0426 e. The summed E-state index contributed by atoms with van der Waals surface area (Å²) in [5.74, 6) is 0. The highest BCUT2D eigenvalue weighted by Gasteiger charge is 2.12. The Kier molecular flexibility index (Phi) is 2.94. The Balaban J connectivity index is 2.24. The normalized spacial score (nSPS) is 17.1. The summed E-state index contributed by atoms with van der Waals surface area (Å²) in [4.78, 5) is 2.33. The molecule has 1 radical (unpaired) electrons. The summed E-state index contributed by atoms with van der Waals surface area (Å²) in [6.45, 7) is 7.20. The quantitative estimate of drug-likeness (QED) is 0.763. The van der Waals surface area contributed by atoms with Crippen LogP contribution >= 0.6 is 11.6 Å². The van der Waals surface area contributed by atoms with E-state index in [1.54, 1.807) is 0 Å². The molecule has 0 amide bonds. The van der Waals surface area contributed by atoms with Crippen LogP contribution in [0.25, 0.3) is 0 Å². The Bertz CT molecular complexity index is 319. The minimum atomic E-state index is 0.809. The van der Waals surface area contributed by atoms with Gasteiger partial charge in [-0.3, -0.25) is 0 Å². The standard InChI is InChI=1S/C11H14ClN2/c1-9-2-3-10(12)8-11(9)14-6-4-13-5-7-14/h2-4,8,13H,5-7H2,1H3. The van der Waals surface area contributed by atoms with Crippen LogP contribution in [0, 0.1) is 13.5 Å². The largest absolute Gasteiger partial charge is 0.368 e. The highest BCUT2D eigenvalue weighted by Crippen LogP contribution is 2.24. The molecule has 1 N–H and O–H groups in total. The van der Waals surface area contributed by atoms with E-state index in [-0.39, 0.29) is 0 Å². The first-order valence-corrected chi connectivity index (χ1v) is 5.21. The van der Waals surface area contributed by atoms with Crippen molar-refractivity contribution in [2.45, 2.75) is 6.92 Å². The van der Waals surface area contributed by atoms with Crippen LogP contribution in [-0.2, 0) is 0 Å². The fourth-order valence-electron chi connectivity index (χ4n) is 1.71. The number of halogens is 1. The fraction of sp³-hybridized carbons (Fsp3) is 0.364. The third kappa shape index (κ3) is 2.02. The van der Waals surface area contributed by atoms with Gasteiger partial charge in [0.1, 0.15) is 0 Å². The van der Waals surface area contributed by atoms with Crippen molar-refractivity contribution in [3.63, 3.8) is 0 Å². The van der Waals surface area contributed by atoms with Crippen molar-refractivity contribution in [1.82, 2.24) is 5.32 Å². The molecule has 3 heteroatoms. The summed E-state index contributed by atoms with van der Waals surface area (Å²) in [6, 6.07) is 6.04. The van der Waals surface area contributed by atoms with Gasteiger partial charge in [0.25, 0.3) is 0 Å². The maximum absolute atomic E-state index is 5.98. The maximum atomic E-state index is 5.98. The molecule has 1 heterocycles. The molecule has 2 rings (SSSR count). The molecule has 0 aliphatic carbocycles. The van der Waals surface area contributed by atoms with Gasteiger partial charge >= 0.3 is 0 Å². The lowest BCUT2D eigenvalue weighted by Crippen LogP contribution is -2.40. The molecule has 75 valence electrons. The number of hydrogen-bond acceptors (Lipinski definition) is 2. The lowest BCUT2D eigenvalue weighted by atomic mass is 10.1. The van der Waals surface area contributed by atoms with E-state index >= 15 is 0 Å². The third-order valence-electron chi connectivity index (χ3n) is 2.49. The van der Waals surface area contributed by atoms with Crippen molar-refractivity contribution in [3.8, 4) is 0 Å². The molecule has 0 bridgehead atoms. The molecule has 0 unspecified atom stereocenters. The molecule has 14 heavy (non-hydrogen) atoms. The number of benzene rings is 1. The molecule has 1 aliphatic rings. The highest BCUT2D eigenvalue weighted by atomic mass is 35.5. The van der Waals surface area contributed by atoms with Gasteiger partial charge in [0.15, 0.2) is 0 Å². The summed E-state index contributed by atoms with van der Waals surface area (Å²) >= 11 is 5.98. The summed E-state index contributed by atoms with van der Waals surface area (Å²) in [7, 11) is 0. The predicted molar refractivity (Wildman–Crippen MR) is 60.7 cm³/mol. The molecule has 1 fully saturated rings. The lowest BCUT2D eigenvalue weighted by molar-refractivity contribution is 0.652. The van der Waals surface area contributed by atoms with E-state index in [9.17, 15) is 0 Å². The van der Waals surface area contributed by atoms with E-state index in [2.05, 4.69) is 29.8 Å². The van der Waals surface area contributed by atoms with Gasteiger partial charge in [-0.05, 0) is 24.6 Å². The molecule has 2 nitrogen and oxygen atoms in total. The van der Waals surface area contributed by atoms with Gasteiger partial charge < -0.3 is 10.2 Å². The van der Waals surface area contributed by atoms with Crippen molar-refractivity contribution in [3.05, 3.63) is 35.3 Å². The lowest BCUT2D eigenvalue weighted by Gasteiger charge is -2.30.